The summed E-state index contributed by atoms with van der Waals surface area (Å²) in [6.07, 6.45) is 0.220. The van der Waals surface area contributed by atoms with Gasteiger partial charge in [0.1, 0.15) is 6.10 Å². The molecule has 0 radical (unpaired) electrons. The maximum Gasteiger partial charge on any atom is 0.339 e. The molecule has 4 rings (SSSR count). The van der Waals surface area contributed by atoms with E-state index in [2.05, 4.69) is 5.32 Å². The molecule has 0 saturated heterocycles. The summed E-state index contributed by atoms with van der Waals surface area (Å²) < 4.78 is 5.57. The quantitative estimate of drug-likeness (QED) is 0.691. The highest BCUT2D eigenvalue weighted by Gasteiger charge is 2.28. The van der Waals surface area contributed by atoms with Crippen LogP contribution in [0.3, 0.4) is 0 Å². The Balaban J connectivity index is 1.58. The number of aryl methyl sites for hydroxylation is 1. The highest BCUT2D eigenvalue weighted by molar-refractivity contribution is 6.05. The van der Waals surface area contributed by atoms with E-state index in [-0.39, 0.29) is 18.0 Å². The van der Waals surface area contributed by atoms with Crippen molar-refractivity contribution in [1.82, 2.24) is 0 Å². The number of hydrogen-bond acceptors (Lipinski definition) is 3. The third kappa shape index (κ3) is 3.60. The van der Waals surface area contributed by atoms with Crippen LogP contribution in [0.5, 0.6) is 0 Å². The summed E-state index contributed by atoms with van der Waals surface area (Å²) in [7, 11) is 0. The first-order chi connectivity index (χ1) is 13.1. The zero-order chi connectivity index (χ0) is 18.8. The topological polar surface area (TPSA) is 55.4 Å². The lowest BCUT2D eigenvalue weighted by molar-refractivity contribution is 0.0252. The van der Waals surface area contributed by atoms with E-state index in [1.54, 1.807) is 18.2 Å². The molecule has 0 aromatic heterocycles. The lowest BCUT2D eigenvalue weighted by atomic mass is 9.93. The first kappa shape index (κ1) is 17.0. The maximum absolute atomic E-state index is 12.6. The Kier molecular flexibility index (Phi) is 4.47. The van der Waals surface area contributed by atoms with Crippen LogP contribution in [0.2, 0.25) is 0 Å². The number of amides is 1. The molecule has 1 atom stereocenters. The number of benzene rings is 3. The van der Waals surface area contributed by atoms with Gasteiger partial charge in [-0.15, -0.1) is 0 Å². The van der Waals surface area contributed by atoms with Crippen molar-refractivity contribution in [2.75, 3.05) is 5.32 Å². The van der Waals surface area contributed by atoms with Crippen LogP contribution in [0.25, 0.3) is 0 Å². The molecular weight excluding hydrogens is 338 g/mol. The van der Waals surface area contributed by atoms with Gasteiger partial charge in [0.25, 0.3) is 5.91 Å². The molecule has 0 spiro atoms. The van der Waals surface area contributed by atoms with Crippen molar-refractivity contribution in [2.24, 2.45) is 0 Å². The van der Waals surface area contributed by atoms with Crippen LogP contribution in [0.4, 0.5) is 5.69 Å². The van der Waals surface area contributed by atoms with Crippen LogP contribution in [-0.2, 0) is 11.2 Å². The number of cyclic esters (lactones) is 1. The number of fused-ring (bicyclic) bond motifs is 1. The Morgan fingerprint density at radius 3 is 2.48 bits per heavy atom. The lowest BCUT2D eigenvalue weighted by Crippen LogP contribution is -2.23. The van der Waals surface area contributed by atoms with Gasteiger partial charge in [0.15, 0.2) is 0 Å². The molecule has 3 aromatic carbocycles. The minimum atomic E-state index is -0.351. The van der Waals surface area contributed by atoms with Gasteiger partial charge in [-0.3, -0.25) is 4.79 Å². The predicted molar refractivity (Wildman–Crippen MR) is 104 cm³/mol. The fraction of sp³-hybridized carbons (Fsp3) is 0.130. The second-order valence-corrected chi connectivity index (χ2v) is 6.70. The van der Waals surface area contributed by atoms with Crippen LogP contribution in [0.1, 0.15) is 43.5 Å². The van der Waals surface area contributed by atoms with Crippen molar-refractivity contribution >= 4 is 17.6 Å². The Morgan fingerprint density at radius 2 is 1.74 bits per heavy atom. The van der Waals surface area contributed by atoms with Crippen molar-refractivity contribution in [1.29, 1.82) is 0 Å². The first-order valence-corrected chi connectivity index (χ1v) is 8.87. The molecule has 0 fully saturated rings. The predicted octanol–water partition coefficient (Wildman–Crippen LogP) is 4.70. The number of hydrogen-bond donors (Lipinski definition) is 1. The first-order valence-electron chi connectivity index (χ1n) is 8.87. The van der Waals surface area contributed by atoms with E-state index in [1.165, 1.54) is 0 Å². The molecule has 0 bridgehead atoms. The van der Waals surface area contributed by atoms with E-state index >= 15 is 0 Å². The average Bonchev–Trinajstić information content (AvgIpc) is 2.70. The molecule has 27 heavy (non-hydrogen) atoms. The summed E-state index contributed by atoms with van der Waals surface area (Å²) in [5.41, 5.74) is 4.70. The smallest absolute Gasteiger partial charge is 0.339 e. The van der Waals surface area contributed by atoms with Gasteiger partial charge in [0.05, 0.1) is 5.56 Å². The van der Waals surface area contributed by atoms with Gasteiger partial charge < -0.3 is 10.1 Å². The normalized spacial score (nSPS) is 15.6. The molecule has 1 aliphatic rings. The minimum Gasteiger partial charge on any atom is -0.454 e. The summed E-state index contributed by atoms with van der Waals surface area (Å²) in [6, 6.07) is 22.4. The summed E-state index contributed by atoms with van der Waals surface area (Å²) in [5, 5.41) is 2.89. The standard InChI is InChI=1S/C23H19NO3/c1-15-7-10-19(11-8-15)24-22(25)17-9-12-20-18(13-17)14-21(27-23(20)26)16-5-3-2-4-6-16/h2-13,21H,14H2,1H3,(H,24,25). The summed E-state index contributed by atoms with van der Waals surface area (Å²) >= 11 is 0. The fourth-order valence-electron chi connectivity index (χ4n) is 3.23. The molecule has 0 aliphatic carbocycles. The number of anilines is 1. The van der Waals surface area contributed by atoms with Crippen LogP contribution < -0.4 is 5.32 Å². The van der Waals surface area contributed by atoms with E-state index < -0.39 is 0 Å². The van der Waals surface area contributed by atoms with Crippen molar-refractivity contribution in [3.05, 3.63) is 101 Å². The van der Waals surface area contributed by atoms with Gasteiger partial charge in [-0.1, -0.05) is 48.0 Å². The Bertz CT molecular complexity index is 994. The number of esters is 1. The number of carbonyl (C=O) groups excluding carboxylic acids is 2. The van der Waals surface area contributed by atoms with E-state index in [9.17, 15) is 9.59 Å². The van der Waals surface area contributed by atoms with Crippen LogP contribution >= 0.6 is 0 Å². The van der Waals surface area contributed by atoms with Crippen molar-refractivity contribution in [3.63, 3.8) is 0 Å². The Labute approximate surface area is 157 Å². The number of carbonyl (C=O) groups is 2. The third-order valence-electron chi connectivity index (χ3n) is 4.72. The van der Waals surface area contributed by atoms with Crippen LogP contribution in [0.15, 0.2) is 72.8 Å². The monoisotopic (exact) mass is 357 g/mol. The molecule has 1 aliphatic heterocycles. The molecule has 1 heterocycles. The summed E-state index contributed by atoms with van der Waals surface area (Å²) in [5.74, 6) is -0.549. The summed E-state index contributed by atoms with van der Waals surface area (Å²) in [6.45, 7) is 2.00. The number of nitrogens with one attached hydrogen (secondary N) is 1. The number of ether oxygens (including phenoxy) is 1. The van der Waals surface area contributed by atoms with Gasteiger partial charge >= 0.3 is 5.97 Å². The highest BCUT2D eigenvalue weighted by Crippen LogP contribution is 2.31. The van der Waals surface area contributed by atoms with Crippen molar-refractivity contribution < 1.29 is 14.3 Å². The van der Waals surface area contributed by atoms with Crippen LogP contribution in [0, 0.1) is 6.92 Å². The average molecular weight is 357 g/mol. The fourth-order valence-corrected chi connectivity index (χ4v) is 3.23. The zero-order valence-corrected chi connectivity index (χ0v) is 14.9. The van der Waals surface area contributed by atoms with E-state index in [4.69, 9.17) is 4.74 Å². The summed E-state index contributed by atoms with van der Waals surface area (Å²) in [4.78, 5) is 24.9. The second kappa shape index (κ2) is 7.08. The van der Waals surface area contributed by atoms with Gasteiger partial charge in [-0.25, -0.2) is 4.79 Å². The molecule has 3 aromatic rings. The second-order valence-electron chi connectivity index (χ2n) is 6.70. The maximum atomic E-state index is 12.6. The van der Waals surface area contributed by atoms with Gasteiger partial charge in [-0.2, -0.15) is 0 Å². The molecule has 0 saturated carbocycles. The van der Waals surface area contributed by atoms with Gasteiger partial charge in [0, 0.05) is 17.7 Å². The molecular formula is C23H19NO3. The van der Waals surface area contributed by atoms with Crippen molar-refractivity contribution in [3.8, 4) is 0 Å². The molecule has 1 N–H and O–H groups in total. The molecule has 1 unspecified atom stereocenters. The lowest BCUT2D eigenvalue weighted by Gasteiger charge is -2.25. The van der Waals surface area contributed by atoms with E-state index in [0.717, 1.165) is 22.4 Å². The molecule has 4 nitrogen and oxygen atoms in total. The highest BCUT2D eigenvalue weighted by atomic mass is 16.5. The molecule has 1 amide bonds. The van der Waals surface area contributed by atoms with Crippen LogP contribution in [-0.4, -0.2) is 11.9 Å². The SMILES string of the molecule is Cc1ccc(NC(=O)c2ccc3c(c2)CC(c2ccccc2)OC3=O)cc1. The molecule has 134 valence electrons. The largest absolute Gasteiger partial charge is 0.454 e. The number of rotatable bonds is 3. The van der Waals surface area contributed by atoms with Gasteiger partial charge in [-0.05, 0) is 48.4 Å². The molecule has 4 heteroatoms. The third-order valence-corrected chi connectivity index (χ3v) is 4.72. The van der Waals surface area contributed by atoms with Gasteiger partial charge in [0.2, 0.25) is 0 Å². The minimum absolute atomic E-state index is 0.197. The van der Waals surface area contributed by atoms with Crippen molar-refractivity contribution in [2.45, 2.75) is 19.4 Å². The van der Waals surface area contributed by atoms with E-state index in [1.807, 2.05) is 61.5 Å². The Morgan fingerprint density at radius 1 is 1.00 bits per heavy atom. The van der Waals surface area contributed by atoms with E-state index in [0.29, 0.717) is 17.5 Å². The zero-order valence-electron chi connectivity index (χ0n) is 14.9. The Hall–Kier alpha value is -3.40.